The van der Waals surface area contributed by atoms with E-state index in [1.165, 1.54) is 6.08 Å². The summed E-state index contributed by atoms with van der Waals surface area (Å²) in [6, 6.07) is 3.66. The second kappa shape index (κ2) is 7.57. The lowest BCUT2D eigenvalue weighted by Gasteiger charge is -2.28. The number of aliphatic carboxylic acids is 1. The predicted octanol–water partition coefficient (Wildman–Crippen LogP) is 2.10. The molecule has 0 aromatic carbocycles. The Balaban J connectivity index is 1.83. The molecule has 2 rings (SSSR count). The van der Waals surface area contributed by atoms with Crippen LogP contribution in [0.15, 0.2) is 30.6 Å². The molecular weight excluding hydrogens is 268 g/mol. The normalized spacial score (nSPS) is 22.1. The Morgan fingerprint density at radius 2 is 2.19 bits per heavy atom. The van der Waals surface area contributed by atoms with Crippen molar-refractivity contribution in [1.82, 2.24) is 10.3 Å². The predicted molar refractivity (Wildman–Crippen MR) is 79.4 cm³/mol. The van der Waals surface area contributed by atoms with Crippen LogP contribution in [-0.2, 0) is 9.59 Å². The third-order valence-corrected chi connectivity index (χ3v) is 3.88. The first-order chi connectivity index (χ1) is 10.2. The van der Waals surface area contributed by atoms with Gasteiger partial charge in [0.15, 0.2) is 0 Å². The summed E-state index contributed by atoms with van der Waals surface area (Å²) in [6.07, 6.45) is 10.1. The van der Waals surface area contributed by atoms with Crippen LogP contribution in [-0.4, -0.2) is 28.5 Å². The Kier molecular flexibility index (Phi) is 5.49. The van der Waals surface area contributed by atoms with E-state index in [1.54, 1.807) is 24.5 Å². The third-order valence-electron chi connectivity index (χ3n) is 3.88. The summed E-state index contributed by atoms with van der Waals surface area (Å²) in [5.41, 5.74) is 0.855. The van der Waals surface area contributed by atoms with E-state index in [1.807, 2.05) is 6.07 Å². The zero-order valence-electron chi connectivity index (χ0n) is 11.9. The fourth-order valence-electron chi connectivity index (χ4n) is 2.71. The van der Waals surface area contributed by atoms with Gasteiger partial charge in [0, 0.05) is 25.0 Å². The zero-order valence-corrected chi connectivity index (χ0v) is 11.9. The van der Waals surface area contributed by atoms with Gasteiger partial charge in [-0.15, -0.1) is 0 Å². The second-order valence-electron chi connectivity index (χ2n) is 5.35. The third kappa shape index (κ3) is 4.70. The molecule has 1 saturated carbocycles. The first-order valence-corrected chi connectivity index (χ1v) is 7.25. The number of carboxylic acid groups (broad SMARTS) is 1. The van der Waals surface area contributed by atoms with E-state index in [9.17, 15) is 14.7 Å². The van der Waals surface area contributed by atoms with Gasteiger partial charge in [-0.3, -0.25) is 14.6 Å². The lowest BCUT2D eigenvalue weighted by atomic mass is 9.79. The summed E-state index contributed by atoms with van der Waals surface area (Å²) in [6.45, 7) is 0.424. The maximum absolute atomic E-state index is 11.8. The van der Waals surface area contributed by atoms with Crippen molar-refractivity contribution in [3.05, 3.63) is 36.2 Å². The van der Waals surface area contributed by atoms with E-state index < -0.39 is 5.97 Å². The van der Waals surface area contributed by atoms with Crippen LogP contribution in [0.5, 0.6) is 0 Å². The van der Waals surface area contributed by atoms with E-state index in [0.717, 1.165) is 24.8 Å². The molecule has 0 spiro atoms. The average molecular weight is 288 g/mol. The summed E-state index contributed by atoms with van der Waals surface area (Å²) in [4.78, 5) is 26.9. The van der Waals surface area contributed by atoms with Crippen molar-refractivity contribution in [2.45, 2.75) is 25.7 Å². The van der Waals surface area contributed by atoms with Gasteiger partial charge in [0.2, 0.25) is 5.91 Å². The van der Waals surface area contributed by atoms with Crippen LogP contribution in [0, 0.1) is 11.8 Å². The number of nitrogens with zero attached hydrogens (tertiary/aromatic N) is 1. The Bertz CT molecular complexity index is 514. The van der Waals surface area contributed by atoms with E-state index in [-0.39, 0.29) is 17.7 Å². The smallest absolute Gasteiger partial charge is 0.306 e. The molecule has 21 heavy (non-hydrogen) atoms. The highest BCUT2D eigenvalue weighted by molar-refractivity contribution is 5.91. The number of nitrogens with one attached hydrogen (secondary N) is 1. The van der Waals surface area contributed by atoms with Gasteiger partial charge in [0.05, 0.1) is 5.92 Å². The maximum Gasteiger partial charge on any atom is 0.306 e. The minimum atomic E-state index is -0.750. The van der Waals surface area contributed by atoms with Crippen LogP contribution in [0.4, 0.5) is 0 Å². The fourth-order valence-corrected chi connectivity index (χ4v) is 2.71. The molecule has 0 radical (unpaired) electrons. The van der Waals surface area contributed by atoms with E-state index in [0.29, 0.717) is 13.0 Å². The number of carbonyl (C=O) groups excluding carboxylic acids is 1. The summed E-state index contributed by atoms with van der Waals surface area (Å²) in [7, 11) is 0. The minimum absolute atomic E-state index is 0.0343. The SMILES string of the molecule is O=C(C=Cc1cccnc1)NCC1CCCCC1C(=O)O. The summed E-state index contributed by atoms with van der Waals surface area (Å²) in [5.74, 6) is -1.25. The average Bonchev–Trinajstić information content (AvgIpc) is 2.52. The number of carbonyl (C=O) groups is 2. The van der Waals surface area contributed by atoms with Crippen molar-refractivity contribution in [2.75, 3.05) is 6.54 Å². The number of amides is 1. The number of hydrogen-bond donors (Lipinski definition) is 2. The highest BCUT2D eigenvalue weighted by Gasteiger charge is 2.30. The first kappa shape index (κ1) is 15.2. The highest BCUT2D eigenvalue weighted by atomic mass is 16.4. The largest absolute Gasteiger partial charge is 0.481 e. The topological polar surface area (TPSA) is 79.3 Å². The number of aromatic nitrogens is 1. The molecule has 1 fully saturated rings. The summed E-state index contributed by atoms with van der Waals surface area (Å²) < 4.78 is 0. The monoisotopic (exact) mass is 288 g/mol. The molecule has 5 heteroatoms. The van der Waals surface area contributed by atoms with Gasteiger partial charge in [0.1, 0.15) is 0 Å². The van der Waals surface area contributed by atoms with Gasteiger partial charge in [-0.25, -0.2) is 0 Å². The minimum Gasteiger partial charge on any atom is -0.481 e. The van der Waals surface area contributed by atoms with Crippen LogP contribution in [0.1, 0.15) is 31.2 Å². The van der Waals surface area contributed by atoms with Crippen molar-refractivity contribution < 1.29 is 14.7 Å². The first-order valence-electron chi connectivity index (χ1n) is 7.25. The van der Waals surface area contributed by atoms with Gasteiger partial charge in [-0.05, 0) is 36.5 Å². The van der Waals surface area contributed by atoms with Crippen molar-refractivity contribution in [3.8, 4) is 0 Å². The van der Waals surface area contributed by atoms with Crippen LogP contribution in [0.2, 0.25) is 0 Å². The lowest BCUT2D eigenvalue weighted by molar-refractivity contribution is -0.145. The Morgan fingerprint density at radius 1 is 1.38 bits per heavy atom. The number of rotatable bonds is 5. The van der Waals surface area contributed by atoms with Crippen LogP contribution >= 0.6 is 0 Å². The number of pyridine rings is 1. The molecule has 1 aliphatic rings. The van der Waals surface area contributed by atoms with Crippen LogP contribution in [0.3, 0.4) is 0 Å². The molecular formula is C16H20N2O3. The van der Waals surface area contributed by atoms with E-state index in [2.05, 4.69) is 10.3 Å². The Hall–Kier alpha value is -2.17. The van der Waals surface area contributed by atoms with Crippen molar-refractivity contribution in [1.29, 1.82) is 0 Å². The molecule has 0 aliphatic heterocycles. The van der Waals surface area contributed by atoms with Crippen molar-refractivity contribution >= 4 is 18.0 Å². The van der Waals surface area contributed by atoms with Gasteiger partial charge < -0.3 is 10.4 Å². The zero-order chi connectivity index (χ0) is 15.1. The standard InChI is InChI=1S/C16H20N2O3/c19-15(8-7-12-4-3-9-17-10-12)18-11-13-5-1-2-6-14(13)16(20)21/h3-4,7-10,13-14H,1-2,5-6,11H2,(H,18,19)(H,20,21). The molecule has 2 atom stereocenters. The molecule has 1 aliphatic carbocycles. The van der Waals surface area contributed by atoms with Crippen LogP contribution in [0.25, 0.3) is 6.08 Å². The molecule has 0 bridgehead atoms. The molecule has 1 aromatic rings. The van der Waals surface area contributed by atoms with Crippen LogP contribution < -0.4 is 5.32 Å². The molecule has 0 saturated heterocycles. The van der Waals surface area contributed by atoms with Gasteiger partial charge in [-0.1, -0.05) is 18.9 Å². The Labute approximate surface area is 124 Å². The van der Waals surface area contributed by atoms with E-state index in [4.69, 9.17) is 0 Å². The Morgan fingerprint density at radius 3 is 2.90 bits per heavy atom. The lowest BCUT2D eigenvalue weighted by Crippen LogP contribution is -2.36. The van der Waals surface area contributed by atoms with Gasteiger partial charge in [-0.2, -0.15) is 0 Å². The molecule has 2 N–H and O–H groups in total. The molecule has 5 nitrogen and oxygen atoms in total. The maximum atomic E-state index is 11.8. The van der Waals surface area contributed by atoms with Crippen molar-refractivity contribution in [2.24, 2.45) is 11.8 Å². The molecule has 1 amide bonds. The summed E-state index contributed by atoms with van der Waals surface area (Å²) in [5, 5.41) is 12.0. The molecule has 112 valence electrons. The van der Waals surface area contributed by atoms with Crippen molar-refractivity contribution in [3.63, 3.8) is 0 Å². The molecule has 1 aromatic heterocycles. The van der Waals surface area contributed by atoms with Gasteiger partial charge >= 0.3 is 5.97 Å². The number of carboxylic acids is 1. The molecule has 2 unspecified atom stereocenters. The quantitative estimate of drug-likeness (QED) is 0.813. The number of hydrogen-bond acceptors (Lipinski definition) is 3. The summed E-state index contributed by atoms with van der Waals surface area (Å²) >= 11 is 0. The highest BCUT2D eigenvalue weighted by Crippen LogP contribution is 2.29. The second-order valence-corrected chi connectivity index (χ2v) is 5.35. The van der Waals surface area contributed by atoms with Gasteiger partial charge in [0.25, 0.3) is 0 Å². The molecule has 1 heterocycles. The van der Waals surface area contributed by atoms with E-state index >= 15 is 0 Å². The fraction of sp³-hybridized carbons (Fsp3) is 0.438.